The van der Waals surface area contributed by atoms with E-state index in [1.807, 2.05) is 62.4 Å². The van der Waals surface area contributed by atoms with Gasteiger partial charge in [0, 0.05) is 49.2 Å². The SMILES string of the molecule is CC=C/C=C\C(=C(/C)N1CCCN(c2ccc3[nH]c(-c4c5cccccc-5[nH]c4=O)nc3c2)CC1)[N+](=O)[O-]. The summed E-state index contributed by atoms with van der Waals surface area (Å²) in [5, 5.41) is 11.7. The summed E-state index contributed by atoms with van der Waals surface area (Å²) in [5.41, 5.74) is 5.43. The van der Waals surface area contributed by atoms with Crippen molar-refractivity contribution in [2.24, 2.45) is 0 Å². The summed E-state index contributed by atoms with van der Waals surface area (Å²) >= 11 is 0. The molecule has 2 N–H and O–H groups in total. The number of allylic oxidation sites excluding steroid dienone is 5. The van der Waals surface area contributed by atoms with Gasteiger partial charge in [0.05, 0.1) is 27.2 Å². The van der Waals surface area contributed by atoms with Crippen molar-refractivity contribution in [1.29, 1.82) is 0 Å². The Morgan fingerprint density at radius 1 is 1.05 bits per heavy atom. The first kappa shape index (κ1) is 25.0. The normalized spacial score (nSPS) is 15.5. The van der Waals surface area contributed by atoms with Crippen molar-refractivity contribution < 1.29 is 4.92 Å². The number of hydrogen-bond donors (Lipinski definition) is 2. The van der Waals surface area contributed by atoms with Crippen LogP contribution in [0.15, 0.2) is 89.0 Å². The molecule has 0 spiro atoms. The average molecular weight is 511 g/mol. The van der Waals surface area contributed by atoms with Gasteiger partial charge in [-0.1, -0.05) is 42.5 Å². The van der Waals surface area contributed by atoms with E-state index in [4.69, 9.17) is 4.98 Å². The lowest BCUT2D eigenvalue weighted by Crippen LogP contribution is -2.30. The lowest BCUT2D eigenvalue weighted by molar-refractivity contribution is -0.421. The highest BCUT2D eigenvalue weighted by Crippen LogP contribution is 2.30. The second kappa shape index (κ2) is 10.8. The van der Waals surface area contributed by atoms with Crippen LogP contribution in [0, 0.1) is 10.1 Å². The van der Waals surface area contributed by atoms with Crippen LogP contribution in [0.2, 0.25) is 0 Å². The number of H-pyrrole nitrogens is 2. The summed E-state index contributed by atoms with van der Waals surface area (Å²) in [6, 6.07) is 15.6. The topological polar surface area (TPSA) is 111 Å². The van der Waals surface area contributed by atoms with Crippen molar-refractivity contribution >= 4 is 16.7 Å². The number of nitrogens with one attached hydrogen (secondary N) is 2. The number of aromatic amines is 2. The van der Waals surface area contributed by atoms with Gasteiger partial charge >= 0.3 is 0 Å². The summed E-state index contributed by atoms with van der Waals surface area (Å²) in [7, 11) is 0. The van der Waals surface area contributed by atoms with Gasteiger partial charge in [-0.3, -0.25) is 14.9 Å². The monoisotopic (exact) mass is 510 g/mol. The van der Waals surface area contributed by atoms with Crippen molar-refractivity contribution in [3.63, 3.8) is 0 Å². The van der Waals surface area contributed by atoms with E-state index in [2.05, 4.69) is 25.8 Å². The van der Waals surface area contributed by atoms with E-state index in [9.17, 15) is 14.9 Å². The molecule has 1 fully saturated rings. The highest BCUT2D eigenvalue weighted by Gasteiger charge is 2.22. The molecule has 0 atom stereocenters. The lowest BCUT2D eigenvalue weighted by Gasteiger charge is -2.24. The van der Waals surface area contributed by atoms with E-state index >= 15 is 0 Å². The second-order valence-corrected chi connectivity index (χ2v) is 9.29. The first-order valence-corrected chi connectivity index (χ1v) is 12.7. The lowest BCUT2D eigenvalue weighted by atomic mass is 10.1. The van der Waals surface area contributed by atoms with Crippen molar-refractivity contribution in [3.05, 3.63) is 105 Å². The third-order valence-electron chi connectivity index (χ3n) is 6.95. The third-order valence-corrected chi connectivity index (χ3v) is 6.95. The van der Waals surface area contributed by atoms with Gasteiger partial charge in [-0.25, -0.2) is 4.98 Å². The molecule has 194 valence electrons. The molecule has 1 aromatic heterocycles. The number of benzene rings is 1. The van der Waals surface area contributed by atoms with Crippen LogP contribution >= 0.6 is 0 Å². The maximum absolute atomic E-state index is 12.7. The first-order chi connectivity index (χ1) is 18.5. The minimum absolute atomic E-state index is 0.116. The maximum atomic E-state index is 12.7. The molecule has 9 heteroatoms. The van der Waals surface area contributed by atoms with E-state index in [0.29, 0.717) is 23.6 Å². The zero-order valence-electron chi connectivity index (χ0n) is 21.5. The predicted molar refractivity (Wildman–Crippen MR) is 151 cm³/mol. The summed E-state index contributed by atoms with van der Waals surface area (Å²) in [4.78, 5) is 39.5. The van der Waals surface area contributed by atoms with Gasteiger partial charge in [0.15, 0.2) is 0 Å². The molecule has 2 aliphatic heterocycles. The summed E-state index contributed by atoms with van der Waals surface area (Å²) in [5.74, 6) is 0.542. The molecule has 3 heterocycles. The van der Waals surface area contributed by atoms with Crippen LogP contribution in [0.5, 0.6) is 0 Å². The average Bonchev–Trinajstić information content (AvgIpc) is 3.22. The summed E-state index contributed by atoms with van der Waals surface area (Å²) < 4.78 is 0. The van der Waals surface area contributed by atoms with Gasteiger partial charge in [-0.05, 0) is 44.5 Å². The van der Waals surface area contributed by atoms with E-state index < -0.39 is 0 Å². The molecule has 38 heavy (non-hydrogen) atoms. The van der Waals surface area contributed by atoms with Crippen LogP contribution in [-0.4, -0.2) is 51.0 Å². The Balaban J connectivity index is 1.39. The molecule has 0 radical (unpaired) electrons. The Morgan fingerprint density at radius 2 is 1.89 bits per heavy atom. The molecule has 9 nitrogen and oxygen atoms in total. The van der Waals surface area contributed by atoms with Gasteiger partial charge in [-0.15, -0.1) is 0 Å². The minimum atomic E-state index is -0.317. The van der Waals surface area contributed by atoms with E-state index in [0.717, 1.165) is 54.0 Å². The molecule has 1 saturated heterocycles. The van der Waals surface area contributed by atoms with E-state index in [1.54, 1.807) is 18.2 Å². The van der Waals surface area contributed by atoms with Crippen molar-refractivity contribution in [2.45, 2.75) is 20.3 Å². The molecule has 0 amide bonds. The van der Waals surface area contributed by atoms with Crippen LogP contribution in [-0.2, 0) is 0 Å². The standard InChI is InChI=1S/C29H30N6O3/c1-3-4-6-12-26(35(37)38)20(2)33-15-9-16-34(18-17-33)21-13-14-24-25(19-21)31-28(30-24)27-22-10-7-5-8-11-23(22)32-29(27)36/h3-8,10-14,19H,9,15-18H2,1-2H3,(H,30,31)(H,32,36)/b4-3?,12-6-,26-20-. The third kappa shape index (κ3) is 4.95. The first-order valence-electron chi connectivity index (χ1n) is 12.7. The highest BCUT2D eigenvalue weighted by molar-refractivity contribution is 5.87. The fourth-order valence-corrected chi connectivity index (χ4v) is 4.97. The maximum Gasteiger partial charge on any atom is 0.288 e. The minimum Gasteiger partial charge on any atom is -0.370 e. The Bertz CT molecular complexity index is 1600. The summed E-state index contributed by atoms with van der Waals surface area (Å²) in [6.45, 7) is 6.68. The predicted octanol–water partition coefficient (Wildman–Crippen LogP) is 5.18. The van der Waals surface area contributed by atoms with Gasteiger partial charge in [0.1, 0.15) is 5.82 Å². The molecule has 0 saturated carbocycles. The molecule has 1 aromatic carbocycles. The number of anilines is 1. The second-order valence-electron chi connectivity index (χ2n) is 9.29. The van der Waals surface area contributed by atoms with Crippen LogP contribution in [0.4, 0.5) is 5.69 Å². The molecule has 5 rings (SSSR count). The van der Waals surface area contributed by atoms with Crippen molar-refractivity contribution in [1.82, 2.24) is 19.9 Å². The summed E-state index contributed by atoms with van der Waals surface area (Å²) in [6.07, 6.45) is 7.75. The van der Waals surface area contributed by atoms with Gasteiger partial charge in [0.25, 0.3) is 11.3 Å². The number of rotatable bonds is 6. The van der Waals surface area contributed by atoms with Crippen molar-refractivity contribution in [3.8, 4) is 22.6 Å². The molecule has 0 unspecified atom stereocenters. The van der Waals surface area contributed by atoms with Crippen LogP contribution in [0.1, 0.15) is 20.3 Å². The number of imidazole rings is 1. The van der Waals surface area contributed by atoms with Gasteiger partial charge in [-0.2, -0.15) is 0 Å². The number of nitrogens with zero attached hydrogens (tertiary/aromatic N) is 4. The zero-order chi connectivity index (χ0) is 26.6. The number of hydrogen-bond acceptors (Lipinski definition) is 6. The Morgan fingerprint density at radius 3 is 2.71 bits per heavy atom. The molecular weight excluding hydrogens is 480 g/mol. The van der Waals surface area contributed by atoms with Crippen LogP contribution < -0.4 is 10.5 Å². The molecular formula is C29H30N6O3. The molecule has 3 aliphatic rings. The van der Waals surface area contributed by atoms with E-state index in [-0.39, 0.29) is 16.2 Å². The highest BCUT2D eigenvalue weighted by atomic mass is 16.6. The molecule has 2 aromatic rings. The Labute approximate surface area is 220 Å². The molecule has 1 aliphatic carbocycles. The number of nitro groups is 1. The van der Waals surface area contributed by atoms with Crippen LogP contribution in [0.3, 0.4) is 0 Å². The largest absolute Gasteiger partial charge is 0.370 e. The fraction of sp³-hybridized carbons (Fsp3) is 0.241. The Kier molecular flexibility index (Phi) is 7.08. The molecule has 0 bridgehead atoms. The smallest absolute Gasteiger partial charge is 0.288 e. The zero-order valence-corrected chi connectivity index (χ0v) is 21.5. The number of fused-ring (bicyclic) bond motifs is 2. The Hall–Kier alpha value is -4.66. The van der Waals surface area contributed by atoms with Gasteiger partial charge < -0.3 is 19.8 Å². The van der Waals surface area contributed by atoms with Crippen molar-refractivity contribution in [2.75, 3.05) is 31.1 Å². The van der Waals surface area contributed by atoms with Crippen LogP contribution in [0.25, 0.3) is 33.7 Å². The quantitative estimate of drug-likeness (QED) is 0.210. The number of aromatic nitrogens is 3. The van der Waals surface area contributed by atoms with Gasteiger partial charge in [0.2, 0.25) is 0 Å². The fourth-order valence-electron chi connectivity index (χ4n) is 4.97. The van der Waals surface area contributed by atoms with E-state index in [1.165, 1.54) is 0 Å².